The second kappa shape index (κ2) is 8.65. The molecule has 1 atom stereocenters. The van der Waals surface area contributed by atoms with Gasteiger partial charge in [0.05, 0.1) is 16.4 Å². The van der Waals surface area contributed by atoms with Crippen LogP contribution < -0.4 is 10.2 Å². The summed E-state index contributed by atoms with van der Waals surface area (Å²) in [4.78, 5) is 16.6. The number of urea groups is 1. The molecular formula is C20H28ClN5O. The number of para-hydroxylation sites is 1. The van der Waals surface area contributed by atoms with Gasteiger partial charge in [0.2, 0.25) is 0 Å². The highest BCUT2D eigenvalue weighted by Crippen LogP contribution is 2.26. The van der Waals surface area contributed by atoms with Gasteiger partial charge in [-0.1, -0.05) is 30.7 Å². The van der Waals surface area contributed by atoms with Crippen LogP contribution in [-0.4, -0.2) is 53.4 Å². The van der Waals surface area contributed by atoms with Gasteiger partial charge in [0.1, 0.15) is 0 Å². The molecule has 3 rings (SSSR count). The Bertz CT molecular complexity index is 782. The third-order valence-corrected chi connectivity index (χ3v) is 5.27. The fourth-order valence-electron chi connectivity index (χ4n) is 3.45. The maximum absolute atomic E-state index is 12.5. The number of carbonyl (C=O) groups excluding carboxylic acids is 1. The first kappa shape index (κ1) is 19.5. The lowest BCUT2D eigenvalue weighted by molar-refractivity contribution is 0.192. The lowest BCUT2D eigenvalue weighted by Gasteiger charge is -2.36. The predicted octanol–water partition coefficient (Wildman–Crippen LogP) is 3.32. The van der Waals surface area contributed by atoms with Gasteiger partial charge >= 0.3 is 6.03 Å². The van der Waals surface area contributed by atoms with Crippen molar-refractivity contribution in [3.05, 3.63) is 46.7 Å². The molecule has 1 aliphatic rings. The molecule has 1 aromatic carbocycles. The minimum absolute atomic E-state index is 0.00836. The molecule has 2 heterocycles. The standard InChI is InChI=1S/C20H28ClN5O/c1-15(14-26-17(3)12-16(2)23-26)13-22-20(27)25-10-8-24(9-11-25)19-7-5-4-6-18(19)21/h4-7,12,15H,8-11,13-14H2,1-3H3,(H,22,27). The van der Waals surface area contributed by atoms with E-state index >= 15 is 0 Å². The van der Waals surface area contributed by atoms with Gasteiger partial charge in [-0.2, -0.15) is 5.10 Å². The fourth-order valence-corrected chi connectivity index (χ4v) is 3.71. The quantitative estimate of drug-likeness (QED) is 0.853. The minimum Gasteiger partial charge on any atom is -0.367 e. The van der Waals surface area contributed by atoms with Crippen LogP contribution in [0.2, 0.25) is 5.02 Å². The summed E-state index contributed by atoms with van der Waals surface area (Å²) in [5.74, 6) is 0.316. The number of hydrogen-bond acceptors (Lipinski definition) is 3. The lowest BCUT2D eigenvalue weighted by atomic mass is 10.2. The Balaban J connectivity index is 1.44. The van der Waals surface area contributed by atoms with Crippen molar-refractivity contribution in [2.75, 3.05) is 37.6 Å². The van der Waals surface area contributed by atoms with Crippen LogP contribution in [0.3, 0.4) is 0 Å². The zero-order valence-electron chi connectivity index (χ0n) is 16.3. The maximum atomic E-state index is 12.5. The van der Waals surface area contributed by atoms with Crippen molar-refractivity contribution in [1.82, 2.24) is 20.0 Å². The van der Waals surface area contributed by atoms with Crippen LogP contribution in [0.25, 0.3) is 0 Å². The van der Waals surface area contributed by atoms with Crippen molar-refractivity contribution in [3.63, 3.8) is 0 Å². The molecule has 1 fully saturated rings. The first-order valence-electron chi connectivity index (χ1n) is 9.47. The number of aryl methyl sites for hydroxylation is 2. The number of aromatic nitrogens is 2. The number of nitrogens with one attached hydrogen (secondary N) is 1. The zero-order chi connectivity index (χ0) is 19.4. The summed E-state index contributed by atoms with van der Waals surface area (Å²) in [6.45, 7) is 10.6. The largest absolute Gasteiger partial charge is 0.367 e. The summed E-state index contributed by atoms with van der Waals surface area (Å²) in [7, 11) is 0. The van der Waals surface area contributed by atoms with Crippen LogP contribution >= 0.6 is 11.6 Å². The minimum atomic E-state index is 0.00836. The predicted molar refractivity (Wildman–Crippen MR) is 110 cm³/mol. The van der Waals surface area contributed by atoms with Crippen LogP contribution in [-0.2, 0) is 6.54 Å². The Kier molecular flexibility index (Phi) is 6.26. The van der Waals surface area contributed by atoms with Gasteiger partial charge in [-0.25, -0.2) is 4.79 Å². The van der Waals surface area contributed by atoms with E-state index < -0.39 is 0 Å². The second-order valence-electron chi connectivity index (χ2n) is 7.33. The highest BCUT2D eigenvalue weighted by Gasteiger charge is 2.22. The van der Waals surface area contributed by atoms with E-state index in [0.29, 0.717) is 25.6 Å². The summed E-state index contributed by atoms with van der Waals surface area (Å²) in [6, 6.07) is 9.93. The molecular weight excluding hydrogens is 362 g/mol. The number of anilines is 1. The van der Waals surface area contributed by atoms with Gasteiger partial charge in [-0.3, -0.25) is 4.68 Å². The number of nitrogens with zero attached hydrogens (tertiary/aromatic N) is 4. The first-order chi connectivity index (χ1) is 12.9. The molecule has 0 radical (unpaired) electrons. The molecule has 0 aliphatic carbocycles. The van der Waals surface area contributed by atoms with E-state index in [9.17, 15) is 4.79 Å². The van der Waals surface area contributed by atoms with E-state index in [1.54, 1.807) is 0 Å². The van der Waals surface area contributed by atoms with Crippen molar-refractivity contribution in [2.45, 2.75) is 27.3 Å². The molecule has 0 spiro atoms. The summed E-state index contributed by atoms with van der Waals surface area (Å²) in [6.07, 6.45) is 0. The Hall–Kier alpha value is -2.21. The van der Waals surface area contributed by atoms with Crippen molar-refractivity contribution in [1.29, 1.82) is 0 Å². The molecule has 6 nitrogen and oxygen atoms in total. The monoisotopic (exact) mass is 389 g/mol. The van der Waals surface area contributed by atoms with Crippen LogP contribution in [0.15, 0.2) is 30.3 Å². The topological polar surface area (TPSA) is 53.4 Å². The molecule has 1 unspecified atom stereocenters. The number of rotatable bonds is 5. The molecule has 0 bridgehead atoms. The van der Waals surface area contributed by atoms with Crippen molar-refractivity contribution < 1.29 is 4.79 Å². The third-order valence-electron chi connectivity index (χ3n) is 4.95. The summed E-state index contributed by atoms with van der Waals surface area (Å²) in [5.41, 5.74) is 3.22. The SMILES string of the molecule is Cc1cc(C)n(CC(C)CNC(=O)N2CCN(c3ccccc3Cl)CC2)n1. The van der Waals surface area contributed by atoms with Gasteiger partial charge in [-0.05, 0) is 38.0 Å². The zero-order valence-corrected chi connectivity index (χ0v) is 17.0. The molecule has 1 aliphatic heterocycles. The van der Waals surface area contributed by atoms with Crippen LogP contribution in [0.5, 0.6) is 0 Å². The maximum Gasteiger partial charge on any atom is 0.317 e. The average molecular weight is 390 g/mol. The van der Waals surface area contributed by atoms with Gasteiger partial charge in [0.15, 0.2) is 0 Å². The number of carbonyl (C=O) groups is 1. The Morgan fingerprint density at radius 2 is 1.93 bits per heavy atom. The molecule has 27 heavy (non-hydrogen) atoms. The van der Waals surface area contributed by atoms with Gasteiger partial charge in [0, 0.05) is 45.0 Å². The second-order valence-corrected chi connectivity index (χ2v) is 7.73. The first-order valence-corrected chi connectivity index (χ1v) is 9.85. The molecule has 2 amide bonds. The number of piperazine rings is 1. The van der Waals surface area contributed by atoms with Gasteiger partial charge < -0.3 is 15.1 Å². The number of amides is 2. The highest BCUT2D eigenvalue weighted by atomic mass is 35.5. The van der Waals surface area contributed by atoms with E-state index in [2.05, 4.69) is 35.2 Å². The van der Waals surface area contributed by atoms with E-state index in [1.807, 2.05) is 40.8 Å². The van der Waals surface area contributed by atoms with E-state index in [4.69, 9.17) is 11.6 Å². The molecule has 1 saturated heterocycles. The molecule has 2 aromatic rings. The van der Waals surface area contributed by atoms with E-state index in [1.165, 1.54) is 0 Å². The summed E-state index contributed by atoms with van der Waals surface area (Å²) in [5, 5.41) is 8.31. The number of hydrogen-bond donors (Lipinski definition) is 1. The third kappa shape index (κ3) is 4.95. The normalized spacial score (nSPS) is 15.7. The lowest BCUT2D eigenvalue weighted by Crippen LogP contribution is -2.52. The summed E-state index contributed by atoms with van der Waals surface area (Å²) >= 11 is 6.28. The van der Waals surface area contributed by atoms with Crippen LogP contribution in [0.1, 0.15) is 18.3 Å². The Labute approximate surface area is 166 Å². The Morgan fingerprint density at radius 3 is 2.56 bits per heavy atom. The molecule has 7 heteroatoms. The molecule has 0 saturated carbocycles. The van der Waals surface area contributed by atoms with Crippen LogP contribution in [0, 0.1) is 19.8 Å². The van der Waals surface area contributed by atoms with Crippen LogP contribution in [0.4, 0.5) is 10.5 Å². The average Bonchev–Trinajstić information content (AvgIpc) is 2.97. The van der Waals surface area contributed by atoms with Crippen molar-refractivity contribution >= 4 is 23.3 Å². The van der Waals surface area contributed by atoms with Crippen molar-refractivity contribution in [2.24, 2.45) is 5.92 Å². The van der Waals surface area contributed by atoms with E-state index in [0.717, 1.165) is 41.7 Å². The van der Waals surface area contributed by atoms with Gasteiger partial charge in [-0.15, -0.1) is 0 Å². The molecule has 1 aromatic heterocycles. The summed E-state index contributed by atoms with van der Waals surface area (Å²) < 4.78 is 2.01. The van der Waals surface area contributed by atoms with E-state index in [-0.39, 0.29) is 6.03 Å². The molecule has 146 valence electrons. The van der Waals surface area contributed by atoms with Gasteiger partial charge in [0.25, 0.3) is 0 Å². The number of benzene rings is 1. The molecule has 1 N–H and O–H groups in total. The fraction of sp³-hybridized carbons (Fsp3) is 0.500. The Morgan fingerprint density at radius 1 is 1.22 bits per heavy atom. The highest BCUT2D eigenvalue weighted by molar-refractivity contribution is 6.33. The smallest absolute Gasteiger partial charge is 0.317 e. The van der Waals surface area contributed by atoms with Crippen molar-refractivity contribution in [3.8, 4) is 0 Å². The number of halogens is 1.